The fourth-order valence-electron chi connectivity index (χ4n) is 0.790. The van der Waals surface area contributed by atoms with Crippen molar-refractivity contribution in [2.45, 2.75) is 32.8 Å². The average Bonchev–Trinajstić information content (AvgIpc) is 2.06. The van der Waals surface area contributed by atoms with Crippen LogP contribution >= 0.6 is 0 Å². The number of hydrogen-bond donors (Lipinski definition) is 1. The zero-order chi connectivity index (χ0) is 8.69. The molecule has 1 amide bonds. The smallest absolute Gasteiger partial charge is 0.245 e. The van der Waals surface area contributed by atoms with Crippen LogP contribution in [0.4, 0.5) is 0 Å². The molecule has 0 aliphatic rings. The first-order valence-corrected chi connectivity index (χ1v) is 4.06. The van der Waals surface area contributed by atoms with E-state index in [2.05, 4.69) is 19.2 Å². The van der Waals surface area contributed by atoms with Gasteiger partial charge in [-0.15, -0.1) is 0 Å². The van der Waals surface area contributed by atoms with Crippen LogP contribution in [0.25, 0.3) is 0 Å². The maximum Gasteiger partial charge on any atom is 0.245 e. The topological polar surface area (TPSA) is 38.3 Å². The summed E-state index contributed by atoms with van der Waals surface area (Å²) in [4.78, 5) is 10.7. The van der Waals surface area contributed by atoms with Gasteiger partial charge in [-0.1, -0.05) is 13.8 Å². The van der Waals surface area contributed by atoms with Crippen LogP contribution in [0.2, 0.25) is 0 Å². The lowest BCUT2D eigenvalue weighted by atomic mass is 10.2. The number of ether oxygens (including phenoxy) is 1. The molecule has 66 valence electrons. The van der Waals surface area contributed by atoms with Crippen LogP contribution in [0.3, 0.4) is 0 Å². The Bertz CT molecular complexity index is 111. The molecule has 0 radical (unpaired) electrons. The van der Waals surface area contributed by atoms with E-state index in [9.17, 15) is 4.79 Å². The molecule has 0 saturated carbocycles. The molecule has 3 heteroatoms. The summed E-state index contributed by atoms with van der Waals surface area (Å²) < 4.78 is 5.28. The number of carbonyl (C=O) groups excluding carboxylic acids is 1. The molecule has 0 aromatic heterocycles. The highest BCUT2D eigenvalue weighted by Gasteiger charge is 2.05. The molecule has 0 atom stereocenters. The van der Waals surface area contributed by atoms with Crippen LogP contribution in [-0.2, 0) is 9.53 Å². The van der Waals surface area contributed by atoms with Crippen molar-refractivity contribution in [2.75, 3.05) is 13.7 Å². The number of rotatable bonds is 5. The quantitative estimate of drug-likeness (QED) is 0.648. The Morgan fingerprint density at radius 2 is 2.00 bits per heavy atom. The first-order chi connectivity index (χ1) is 5.24. The normalized spacial score (nSPS) is 10.2. The second-order valence-corrected chi connectivity index (χ2v) is 2.42. The summed E-state index contributed by atoms with van der Waals surface area (Å²) in [5.74, 6) is -0.0584. The van der Waals surface area contributed by atoms with Gasteiger partial charge in [0.1, 0.15) is 6.61 Å². The Kier molecular flexibility index (Phi) is 5.84. The van der Waals surface area contributed by atoms with Gasteiger partial charge in [0.05, 0.1) is 6.10 Å². The third-order valence-corrected chi connectivity index (χ3v) is 1.64. The van der Waals surface area contributed by atoms with Gasteiger partial charge in [-0.25, -0.2) is 0 Å². The molecule has 0 bridgehead atoms. The predicted molar refractivity (Wildman–Crippen MR) is 44.4 cm³/mol. The zero-order valence-electron chi connectivity index (χ0n) is 7.52. The monoisotopic (exact) mass is 159 g/mol. The fraction of sp³-hybridized carbons (Fsp3) is 0.875. The van der Waals surface area contributed by atoms with Gasteiger partial charge in [-0.3, -0.25) is 4.79 Å². The van der Waals surface area contributed by atoms with E-state index in [1.54, 1.807) is 7.05 Å². The third kappa shape index (κ3) is 4.79. The number of hydrogen-bond acceptors (Lipinski definition) is 2. The molecule has 0 aromatic rings. The average molecular weight is 159 g/mol. The van der Waals surface area contributed by atoms with Crippen molar-refractivity contribution in [1.29, 1.82) is 0 Å². The van der Waals surface area contributed by atoms with Crippen molar-refractivity contribution in [3.8, 4) is 0 Å². The molecule has 1 N–H and O–H groups in total. The van der Waals surface area contributed by atoms with Gasteiger partial charge in [-0.2, -0.15) is 0 Å². The maximum atomic E-state index is 10.7. The summed E-state index contributed by atoms with van der Waals surface area (Å²) in [6.07, 6.45) is 2.16. The van der Waals surface area contributed by atoms with Gasteiger partial charge in [0.15, 0.2) is 0 Å². The highest BCUT2D eigenvalue weighted by Crippen LogP contribution is 2.01. The highest BCUT2D eigenvalue weighted by molar-refractivity contribution is 5.76. The summed E-state index contributed by atoms with van der Waals surface area (Å²) in [6.45, 7) is 4.29. The minimum absolute atomic E-state index is 0.0584. The summed E-state index contributed by atoms with van der Waals surface area (Å²) in [7, 11) is 1.61. The Morgan fingerprint density at radius 3 is 2.36 bits per heavy atom. The molecule has 0 aliphatic heterocycles. The number of nitrogens with one attached hydrogen (secondary N) is 1. The van der Waals surface area contributed by atoms with Crippen molar-refractivity contribution in [2.24, 2.45) is 0 Å². The van der Waals surface area contributed by atoms with Gasteiger partial charge in [0.25, 0.3) is 0 Å². The molecule has 0 aliphatic carbocycles. The van der Waals surface area contributed by atoms with Crippen molar-refractivity contribution in [3.63, 3.8) is 0 Å². The highest BCUT2D eigenvalue weighted by atomic mass is 16.5. The molecular weight excluding hydrogens is 142 g/mol. The molecule has 0 spiro atoms. The second-order valence-electron chi connectivity index (χ2n) is 2.42. The van der Waals surface area contributed by atoms with Gasteiger partial charge in [-0.05, 0) is 12.8 Å². The van der Waals surface area contributed by atoms with Crippen LogP contribution < -0.4 is 5.32 Å². The zero-order valence-corrected chi connectivity index (χ0v) is 7.52. The van der Waals surface area contributed by atoms with Gasteiger partial charge in [0, 0.05) is 7.05 Å². The van der Waals surface area contributed by atoms with E-state index in [0.29, 0.717) is 0 Å². The Morgan fingerprint density at radius 1 is 1.45 bits per heavy atom. The number of amides is 1. The van der Waals surface area contributed by atoms with Crippen LogP contribution in [0.15, 0.2) is 0 Å². The molecule has 0 rings (SSSR count). The Hall–Kier alpha value is -0.570. The summed E-state index contributed by atoms with van der Waals surface area (Å²) in [5, 5.41) is 2.50. The summed E-state index contributed by atoms with van der Waals surface area (Å²) in [5.41, 5.74) is 0. The molecule has 0 aromatic carbocycles. The van der Waals surface area contributed by atoms with Gasteiger partial charge >= 0.3 is 0 Å². The standard InChI is InChI=1S/C8H17NO2/c1-4-7(5-2)11-6-8(10)9-3/h7H,4-6H2,1-3H3,(H,9,10). The summed E-state index contributed by atoms with van der Waals surface area (Å²) in [6, 6.07) is 0. The maximum absolute atomic E-state index is 10.7. The fourth-order valence-corrected chi connectivity index (χ4v) is 0.790. The van der Waals surface area contributed by atoms with Crippen LogP contribution in [0.5, 0.6) is 0 Å². The van der Waals surface area contributed by atoms with E-state index in [0.717, 1.165) is 12.8 Å². The Labute approximate surface area is 68.1 Å². The van der Waals surface area contributed by atoms with Crippen molar-refractivity contribution >= 4 is 5.91 Å². The van der Waals surface area contributed by atoms with Gasteiger partial charge < -0.3 is 10.1 Å². The van der Waals surface area contributed by atoms with Crippen LogP contribution in [0.1, 0.15) is 26.7 Å². The second kappa shape index (κ2) is 6.16. The van der Waals surface area contributed by atoms with Crippen molar-refractivity contribution < 1.29 is 9.53 Å². The molecule has 0 saturated heterocycles. The lowest BCUT2D eigenvalue weighted by Gasteiger charge is -2.12. The van der Waals surface area contributed by atoms with Crippen molar-refractivity contribution in [1.82, 2.24) is 5.32 Å². The van der Waals surface area contributed by atoms with E-state index >= 15 is 0 Å². The predicted octanol–water partition coefficient (Wildman–Crippen LogP) is 0.938. The minimum atomic E-state index is -0.0584. The lowest BCUT2D eigenvalue weighted by Crippen LogP contribution is -2.26. The molecular formula is C8H17NO2. The SMILES string of the molecule is CCC(CC)OCC(=O)NC. The minimum Gasteiger partial charge on any atom is -0.368 e. The first kappa shape index (κ1) is 10.4. The van der Waals surface area contributed by atoms with Gasteiger partial charge in [0.2, 0.25) is 5.91 Å². The van der Waals surface area contributed by atoms with E-state index in [-0.39, 0.29) is 18.6 Å². The largest absolute Gasteiger partial charge is 0.368 e. The molecule has 0 unspecified atom stereocenters. The lowest BCUT2D eigenvalue weighted by molar-refractivity contribution is -0.127. The van der Waals surface area contributed by atoms with Crippen LogP contribution in [-0.4, -0.2) is 25.7 Å². The summed E-state index contributed by atoms with van der Waals surface area (Å²) >= 11 is 0. The van der Waals surface area contributed by atoms with Crippen LogP contribution in [0, 0.1) is 0 Å². The third-order valence-electron chi connectivity index (χ3n) is 1.64. The van der Waals surface area contributed by atoms with E-state index in [1.165, 1.54) is 0 Å². The Balaban J connectivity index is 3.42. The molecule has 11 heavy (non-hydrogen) atoms. The van der Waals surface area contributed by atoms with E-state index in [1.807, 2.05) is 0 Å². The van der Waals surface area contributed by atoms with E-state index in [4.69, 9.17) is 4.74 Å². The number of likely N-dealkylation sites (N-methyl/N-ethyl adjacent to an activating group) is 1. The molecule has 3 nitrogen and oxygen atoms in total. The molecule has 0 fully saturated rings. The number of carbonyl (C=O) groups is 1. The van der Waals surface area contributed by atoms with E-state index < -0.39 is 0 Å². The molecule has 0 heterocycles. The van der Waals surface area contributed by atoms with Crippen molar-refractivity contribution in [3.05, 3.63) is 0 Å². The first-order valence-electron chi connectivity index (χ1n) is 4.06.